The number of nitrogens with zero attached hydrogens (tertiary/aromatic N) is 3. The predicted octanol–water partition coefficient (Wildman–Crippen LogP) is 3.10. The third-order valence-corrected chi connectivity index (χ3v) is 3.83. The molecule has 0 fully saturated rings. The fraction of sp³-hybridized carbons (Fsp3) is 0.231. The van der Waals surface area contributed by atoms with Gasteiger partial charge in [0.2, 0.25) is 5.82 Å². The molecule has 0 aliphatic rings. The molecule has 2 aromatic rings. The number of nitrogens with one attached hydrogen (secondary N) is 1. The van der Waals surface area contributed by atoms with Crippen LogP contribution in [0, 0.1) is 21.4 Å². The third kappa shape index (κ3) is 2.75. The summed E-state index contributed by atoms with van der Waals surface area (Å²) in [6.07, 6.45) is 2.30. The van der Waals surface area contributed by atoms with E-state index in [0.717, 1.165) is 11.3 Å². The van der Waals surface area contributed by atoms with Gasteiger partial charge in [-0.1, -0.05) is 6.92 Å². The molecular weight excluding hydrogens is 276 g/mol. The van der Waals surface area contributed by atoms with Gasteiger partial charge in [0.15, 0.2) is 0 Å². The van der Waals surface area contributed by atoms with Crippen LogP contribution < -0.4 is 5.32 Å². The van der Waals surface area contributed by atoms with Gasteiger partial charge in [0, 0.05) is 11.1 Å². The maximum Gasteiger partial charge on any atom is 0.328 e. The van der Waals surface area contributed by atoms with Crippen LogP contribution >= 0.6 is 11.3 Å². The minimum absolute atomic E-state index is 0.00870. The lowest BCUT2D eigenvalue weighted by atomic mass is 10.2. The monoisotopic (exact) mass is 288 g/mol. The molecule has 0 unspecified atom stereocenters. The first-order chi connectivity index (χ1) is 9.67. The standard InChI is InChI=1S/C13H12N4O2S/c1-2-9-4-6-20-11(9)8-16-13-12(17(18)19)10(7-14)3-5-15-13/h3-6H,2,8H2,1H3,(H,15,16). The number of nitriles is 1. The molecule has 0 aliphatic carbocycles. The van der Waals surface area contributed by atoms with Gasteiger partial charge in [-0.25, -0.2) is 4.98 Å². The van der Waals surface area contributed by atoms with E-state index >= 15 is 0 Å². The SMILES string of the molecule is CCc1ccsc1CNc1nccc(C#N)c1[N+](=O)[O-]. The second kappa shape index (κ2) is 6.12. The van der Waals surface area contributed by atoms with Gasteiger partial charge < -0.3 is 5.32 Å². The third-order valence-electron chi connectivity index (χ3n) is 2.86. The van der Waals surface area contributed by atoms with Crippen LogP contribution in [0.1, 0.15) is 22.9 Å². The van der Waals surface area contributed by atoms with Crippen LogP contribution in [0.25, 0.3) is 0 Å². The zero-order valence-electron chi connectivity index (χ0n) is 10.8. The van der Waals surface area contributed by atoms with Crippen molar-refractivity contribution in [3.8, 4) is 6.07 Å². The molecular formula is C13H12N4O2S. The number of thiophene rings is 1. The van der Waals surface area contributed by atoms with Gasteiger partial charge in [0.1, 0.15) is 11.6 Å². The second-order valence-corrected chi connectivity index (χ2v) is 5.00. The maximum absolute atomic E-state index is 11.1. The smallest absolute Gasteiger partial charge is 0.328 e. The van der Waals surface area contributed by atoms with Gasteiger partial charge in [0.05, 0.1) is 11.5 Å². The van der Waals surface area contributed by atoms with E-state index in [1.165, 1.54) is 17.8 Å². The summed E-state index contributed by atoms with van der Waals surface area (Å²) in [6, 6.07) is 5.19. The summed E-state index contributed by atoms with van der Waals surface area (Å²) in [5.41, 5.74) is 0.945. The summed E-state index contributed by atoms with van der Waals surface area (Å²) in [7, 11) is 0. The molecule has 6 nitrogen and oxygen atoms in total. The van der Waals surface area contributed by atoms with Crippen molar-refractivity contribution in [3.63, 3.8) is 0 Å². The van der Waals surface area contributed by atoms with Crippen molar-refractivity contribution in [3.05, 3.63) is 49.8 Å². The lowest BCUT2D eigenvalue weighted by Gasteiger charge is -2.07. The fourth-order valence-electron chi connectivity index (χ4n) is 1.86. The summed E-state index contributed by atoms with van der Waals surface area (Å²) in [4.78, 5) is 15.6. The molecule has 0 atom stereocenters. The van der Waals surface area contributed by atoms with Crippen LogP contribution in [-0.4, -0.2) is 9.91 Å². The van der Waals surface area contributed by atoms with Crippen LogP contribution in [0.2, 0.25) is 0 Å². The van der Waals surface area contributed by atoms with Gasteiger partial charge in [-0.2, -0.15) is 5.26 Å². The van der Waals surface area contributed by atoms with Gasteiger partial charge in [-0.3, -0.25) is 10.1 Å². The number of aryl methyl sites for hydroxylation is 1. The molecule has 102 valence electrons. The molecule has 0 amide bonds. The topological polar surface area (TPSA) is 91.8 Å². The van der Waals surface area contributed by atoms with Crippen molar-refractivity contribution < 1.29 is 4.92 Å². The Bertz CT molecular complexity index is 675. The molecule has 1 N–H and O–H groups in total. The number of anilines is 1. The van der Waals surface area contributed by atoms with Gasteiger partial charge in [0.25, 0.3) is 0 Å². The first-order valence-electron chi connectivity index (χ1n) is 6.00. The van der Waals surface area contributed by atoms with Crippen LogP contribution in [0.3, 0.4) is 0 Å². The Morgan fingerprint density at radius 3 is 3.00 bits per heavy atom. The first-order valence-corrected chi connectivity index (χ1v) is 6.88. The Balaban J connectivity index is 2.26. The number of pyridine rings is 1. The van der Waals surface area contributed by atoms with Gasteiger partial charge in [-0.15, -0.1) is 11.3 Å². The Morgan fingerprint density at radius 1 is 1.55 bits per heavy atom. The van der Waals surface area contributed by atoms with Crippen molar-refractivity contribution in [2.24, 2.45) is 0 Å². The summed E-state index contributed by atoms with van der Waals surface area (Å²) in [5.74, 6) is 0.129. The van der Waals surface area contributed by atoms with Gasteiger partial charge >= 0.3 is 5.69 Å². The second-order valence-electron chi connectivity index (χ2n) is 4.00. The van der Waals surface area contributed by atoms with Crippen LogP contribution in [-0.2, 0) is 13.0 Å². The zero-order valence-corrected chi connectivity index (χ0v) is 11.6. The average Bonchev–Trinajstić information content (AvgIpc) is 2.91. The molecule has 2 aromatic heterocycles. The summed E-state index contributed by atoms with van der Waals surface area (Å²) in [6.45, 7) is 2.52. The average molecular weight is 288 g/mol. The molecule has 2 rings (SSSR count). The predicted molar refractivity (Wildman–Crippen MR) is 76.6 cm³/mol. The minimum atomic E-state index is -0.580. The van der Waals surface area contributed by atoms with Crippen molar-refractivity contribution in [2.75, 3.05) is 5.32 Å². The van der Waals surface area contributed by atoms with E-state index in [9.17, 15) is 10.1 Å². The first kappa shape index (κ1) is 14.0. The molecule has 0 bridgehead atoms. The van der Waals surface area contributed by atoms with Crippen molar-refractivity contribution in [1.29, 1.82) is 5.26 Å². The summed E-state index contributed by atoms with van der Waals surface area (Å²) in [5, 5.41) is 24.9. The summed E-state index contributed by atoms with van der Waals surface area (Å²) < 4.78 is 0. The van der Waals surface area contributed by atoms with E-state index in [4.69, 9.17) is 5.26 Å². The zero-order chi connectivity index (χ0) is 14.5. The molecule has 2 heterocycles. The van der Waals surface area contributed by atoms with E-state index in [-0.39, 0.29) is 17.1 Å². The van der Waals surface area contributed by atoms with Crippen LogP contribution in [0.5, 0.6) is 0 Å². The highest BCUT2D eigenvalue weighted by Crippen LogP contribution is 2.27. The largest absolute Gasteiger partial charge is 0.359 e. The quantitative estimate of drug-likeness (QED) is 0.674. The molecule has 0 aliphatic heterocycles. The fourth-order valence-corrected chi connectivity index (χ4v) is 2.78. The highest BCUT2D eigenvalue weighted by atomic mass is 32.1. The Labute approximate surface area is 119 Å². The number of hydrogen-bond acceptors (Lipinski definition) is 6. The van der Waals surface area contributed by atoms with E-state index in [1.54, 1.807) is 11.3 Å². The van der Waals surface area contributed by atoms with E-state index in [2.05, 4.69) is 17.2 Å². The van der Waals surface area contributed by atoms with Crippen LogP contribution in [0.15, 0.2) is 23.7 Å². The Kier molecular flexibility index (Phi) is 4.27. The maximum atomic E-state index is 11.1. The van der Waals surface area contributed by atoms with Crippen molar-refractivity contribution in [1.82, 2.24) is 4.98 Å². The number of aromatic nitrogens is 1. The normalized spacial score (nSPS) is 10.0. The van der Waals surface area contributed by atoms with Crippen molar-refractivity contribution >= 4 is 22.8 Å². The Morgan fingerprint density at radius 2 is 2.35 bits per heavy atom. The van der Waals surface area contributed by atoms with E-state index < -0.39 is 4.92 Å². The highest BCUT2D eigenvalue weighted by Gasteiger charge is 2.21. The van der Waals surface area contributed by atoms with E-state index in [0.29, 0.717) is 6.54 Å². The Hall–Kier alpha value is -2.46. The number of nitro groups is 1. The molecule has 0 spiro atoms. The summed E-state index contributed by atoms with van der Waals surface area (Å²) >= 11 is 1.59. The lowest BCUT2D eigenvalue weighted by molar-refractivity contribution is -0.384. The molecule has 7 heteroatoms. The lowest BCUT2D eigenvalue weighted by Crippen LogP contribution is -2.06. The molecule has 0 radical (unpaired) electrons. The van der Waals surface area contributed by atoms with Crippen LogP contribution in [0.4, 0.5) is 11.5 Å². The molecule has 0 saturated heterocycles. The van der Waals surface area contributed by atoms with Crippen molar-refractivity contribution in [2.45, 2.75) is 19.9 Å². The minimum Gasteiger partial charge on any atom is -0.359 e. The number of hydrogen-bond donors (Lipinski definition) is 1. The highest BCUT2D eigenvalue weighted by molar-refractivity contribution is 7.10. The van der Waals surface area contributed by atoms with E-state index in [1.807, 2.05) is 17.5 Å². The molecule has 0 saturated carbocycles. The van der Waals surface area contributed by atoms with Gasteiger partial charge in [-0.05, 0) is 29.5 Å². The number of rotatable bonds is 5. The molecule has 0 aromatic carbocycles. The molecule has 20 heavy (non-hydrogen) atoms.